The number of sulfonamides is 1. The maximum Gasteiger partial charge on any atom is 0.278 e. The molecule has 0 N–H and O–H groups in total. The molecule has 0 spiro atoms. The molecule has 3 aliphatic rings. The van der Waals surface area contributed by atoms with Crippen molar-refractivity contribution in [1.82, 2.24) is 4.90 Å². The Hall–Kier alpha value is -1.89. The van der Waals surface area contributed by atoms with Crippen molar-refractivity contribution >= 4 is 33.0 Å². The maximum absolute atomic E-state index is 11.8. The number of fused-ring (bicyclic) bond motifs is 1. The predicted octanol–water partition coefficient (Wildman–Crippen LogP) is 3.57. The summed E-state index contributed by atoms with van der Waals surface area (Å²) in [5.74, 6) is 0.879. The minimum atomic E-state index is -3.60. The van der Waals surface area contributed by atoms with Crippen LogP contribution in [0.15, 0.2) is 57.6 Å². The monoisotopic (exact) mass is 376 g/mol. The minimum Gasteiger partial charge on any atom is -0.381 e. The molecule has 1 aromatic rings. The lowest BCUT2D eigenvalue weighted by atomic mass is 9.90. The van der Waals surface area contributed by atoms with Gasteiger partial charge in [-0.1, -0.05) is 35.9 Å². The molecule has 5 nitrogen and oxygen atoms in total. The van der Waals surface area contributed by atoms with Crippen LogP contribution >= 0.6 is 11.6 Å². The van der Waals surface area contributed by atoms with Gasteiger partial charge in [0.25, 0.3) is 10.0 Å². The van der Waals surface area contributed by atoms with E-state index in [0.29, 0.717) is 22.4 Å². The van der Waals surface area contributed by atoms with E-state index >= 15 is 0 Å². The fourth-order valence-corrected chi connectivity index (χ4v) is 4.25. The third-order valence-electron chi connectivity index (χ3n) is 4.55. The fourth-order valence-electron chi connectivity index (χ4n) is 3.25. The van der Waals surface area contributed by atoms with Crippen molar-refractivity contribution in [1.29, 1.82) is 0 Å². The molecule has 7 heteroatoms. The second-order valence-corrected chi connectivity index (χ2v) is 8.12. The zero-order valence-corrected chi connectivity index (χ0v) is 15.0. The van der Waals surface area contributed by atoms with Crippen molar-refractivity contribution in [2.45, 2.75) is 18.8 Å². The molecule has 25 heavy (non-hydrogen) atoms. The van der Waals surface area contributed by atoms with Gasteiger partial charge in [0, 0.05) is 31.2 Å². The van der Waals surface area contributed by atoms with E-state index in [-0.39, 0.29) is 0 Å². The average Bonchev–Trinajstić information content (AvgIpc) is 2.62. The summed E-state index contributed by atoms with van der Waals surface area (Å²) in [6, 6.07) is 8.18. The molecule has 0 amide bonds. The number of hydrogen-bond donors (Lipinski definition) is 0. The van der Waals surface area contributed by atoms with E-state index in [1.54, 1.807) is 17.2 Å². The normalized spacial score (nSPS) is 22.8. The Morgan fingerprint density at radius 1 is 1.16 bits per heavy atom. The van der Waals surface area contributed by atoms with Gasteiger partial charge in [0.1, 0.15) is 0 Å². The largest absolute Gasteiger partial charge is 0.381 e. The number of benzene rings is 1. The quantitative estimate of drug-likeness (QED) is 0.791. The van der Waals surface area contributed by atoms with Crippen LogP contribution in [0.25, 0.3) is 5.57 Å². The van der Waals surface area contributed by atoms with Crippen LogP contribution in [0, 0.1) is 0 Å². The first-order valence-electron chi connectivity index (χ1n) is 8.11. The second kappa shape index (κ2) is 6.44. The third kappa shape index (κ3) is 3.42. The first-order valence-corrected chi connectivity index (χ1v) is 9.99. The summed E-state index contributed by atoms with van der Waals surface area (Å²) in [5, 5.41) is 1.58. The van der Waals surface area contributed by atoms with Crippen molar-refractivity contribution in [3.63, 3.8) is 0 Å². The van der Waals surface area contributed by atoms with E-state index < -0.39 is 10.0 Å². The van der Waals surface area contributed by atoms with Crippen molar-refractivity contribution in [3.8, 4) is 0 Å². The summed E-state index contributed by atoms with van der Waals surface area (Å²) in [7, 11) is -3.60. The van der Waals surface area contributed by atoms with Crippen LogP contribution in [0.2, 0.25) is 0 Å². The molecule has 0 saturated carbocycles. The molecule has 130 valence electrons. The molecule has 1 saturated heterocycles. The standard InChI is InChI=1S/C18H17ClN2O3S/c19-16-11-17(18-20-25(22,23)10-7-21(18)12-16)15-3-1-13(2-4-15)14-5-8-24-9-6-14/h1-4,7,10-12,14H,5-6,8-9H2. The van der Waals surface area contributed by atoms with E-state index in [0.717, 1.165) is 37.0 Å². The zero-order chi connectivity index (χ0) is 17.4. The molecule has 0 unspecified atom stereocenters. The van der Waals surface area contributed by atoms with Crippen LogP contribution < -0.4 is 0 Å². The molecular formula is C18H17ClN2O3S. The molecule has 3 heterocycles. The summed E-state index contributed by atoms with van der Waals surface area (Å²) in [4.78, 5) is 1.63. The molecular weight excluding hydrogens is 360 g/mol. The van der Waals surface area contributed by atoms with Gasteiger partial charge >= 0.3 is 0 Å². The minimum absolute atomic E-state index is 0.366. The smallest absolute Gasteiger partial charge is 0.278 e. The fraction of sp³-hybridized carbons (Fsp3) is 0.278. The lowest BCUT2D eigenvalue weighted by Crippen LogP contribution is -2.28. The third-order valence-corrected chi connectivity index (χ3v) is 5.65. The molecule has 0 aromatic heterocycles. The first-order chi connectivity index (χ1) is 12.0. The number of rotatable bonds is 2. The number of allylic oxidation sites excluding steroid dienone is 2. The number of amidine groups is 1. The van der Waals surface area contributed by atoms with Crippen molar-refractivity contribution in [2.75, 3.05) is 13.2 Å². The van der Waals surface area contributed by atoms with Gasteiger partial charge in [-0.2, -0.15) is 8.42 Å². The van der Waals surface area contributed by atoms with Gasteiger partial charge in [0.2, 0.25) is 0 Å². The molecule has 0 aliphatic carbocycles. The number of halogens is 1. The molecule has 3 aliphatic heterocycles. The van der Waals surface area contributed by atoms with E-state index in [2.05, 4.69) is 16.5 Å². The second-order valence-electron chi connectivity index (χ2n) is 6.20. The van der Waals surface area contributed by atoms with Gasteiger partial charge in [0.05, 0.1) is 10.4 Å². The molecule has 0 radical (unpaired) electrons. The Kier molecular flexibility index (Phi) is 4.27. The summed E-state index contributed by atoms with van der Waals surface area (Å²) >= 11 is 6.20. The van der Waals surface area contributed by atoms with E-state index in [1.807, 2.05) is 12.1 Å². The Labute approximate surface area is 152 Å². The molecule has 0 atom stereocenters. The average molecular weight is 377 g/mol. The van der Waals surface area contributed by atoms with Crippen LogP contribution in [-0.4, -0.2) is 32.4 Å². The molecule has 1 aromatic carbocycles. The Balaban J connectivity index is 1.68. The lowest BCUT2D eigenvalue weighted by Gasteiger charge is -2.27. The summed E-state index contributed by atoms with van der Waals surface area (Å²) in [5.41, 5.74) is 2.86. The van der Waals surface area contributed by atoms with Gasteiger partial charge in [-0.3, -0.25) is 0 Å². The highest BCUT2D eigenvalue weighted by Crippen LogP contribution is 2.32. The Morgan fingerprint density at radius 2 is 1.88 bits per heavy atom. The van der Waals surface area contributed by atoms with Crippen LogP contribution in [0.5, 0.6) is 0 Å². The first kappa shape index (κ1) is 16.6. The van der Waals surface area contributed by atoms with Crippen molar-refractivity contribution < 1.29 is 13.2 Å². The maximum atomic E-state index is 11.8. The molecule has 0 bridgehead atoms. The highest BCUT2D eigenvalue weighted by molar-refractivity contribution is 7.93. The van der Waals surface area contributed by atoms with E-state index in [1.165, 1.54) is 11.8 Å². The highest BCUT2D eigenvalue weighted by atomic mass is 35.5. The van der Waals surface area contributed by atoms with Gasteiger partial charge in [-0.05, 0) is 36.0 Å². The van der Waals surface area contributed by atoms with Crippen LogP contribution in [0.3, 0.4) is 0 Å². The summed E-state index contributed by atoms with van der Waals surface area (Å²) in [6.45, 7) is 1.60. The molecule has 1 fully saturated rings. The van der Waals surface area contributed by atoms with Gasteiger partial charge in [-0.15, -0.1) is 4.40 Å². The van der Waals surface area contributed by atoms with Crippen LogP contribution in [0.1, 0.15) is 29.9 Å². The van der Waals surface area contributed by atoms with Crippen molar-refractivity contribution in [3.05, 3.63) is 64.3 Å². The van der Waals surface area contributed by atoms with Crippen molar-refractivity contribution in [2.24, 2.45) is 4.40 Å². The highest BCUT2D eigenvalue weighted by Gasteiger charge is 2.25. The molecule has 4 rings (SSSR count). The topological polar surface area (TPSA) is 59.0 Å². The number of nitrogens with zero attached hydrogens (tertiary/aromatic N) is 2. The Bertz CT molecular complexity index is 908. The predicted molar refractivity (Wildman–Crippen MR) is 98.5 cm³/mol. The van der Waals surface area contributed by atoms with Gasteiger partial charge < -0.3 is 9.64 Å². The number of ether oxygens (including phenoxy) is 1. The van der Waals surface area contributed by atoms with E-state index in [9.17, 15) is 8.42 Å². The SMILES string of the molecule is O=S1(=O)C=CN2C=C(Cl)C=C(c3ccc(C4CCOCC4)cc3)C2=N1. The van der Waals surface area contributed by atoms with Crippen LogP contribution in [-0.2, 0) is 14.8 Å². The summed E-state index contributed by atoms with van der Waals surface area (Å²) in [6.07, 6.45) is 6.91. The number of hydrogen-bond acceptors (Lipinski definition) is 4. The van der Waals surface area contributed by atoms with E-state index in [4.69, 9.17) is 16.3 Å². The van der Waals surface area contributed by atoms with Gasteiger partial charge in [0.15, 0.2) is 5.84 Å². The van der Waals surface area contributed by atoms with Gasteiger partial charge in [-0.25, -0.2) is 0 Å². The summed E-state index contributed by atoms with van der Waals surface area (Å²) < 4.78 is 33.0. The lowest BCUT2D eigenvalue weighted by molar-refractivity contribution is 0.0853. The Morgan fingerprint density at radius 3 is 2.60 bits per heavy atom. The van der Waals surface area contributed by atoms with Crippen LogP contribution in [0.4, 0.5) is 0 Å². The zero-order valence-electron chi connectivity index (χ0n) is 13.4.